The third-order valence-electron chi connectivity index (χ3n) is 3.23. The van der Waals surface area contributed by atoms with E-state index in [1.165, 1.54) is 12.1 Å². The van der Waals surface area contributed by atoms with E-state index in [-0.39, 0.29) is 28.1 Å². The smallest absolute Gasteiger partial charge is 0.252 e. The van der Waals surface area contributed by atoms with Crippen LogP contribution in [0.1, 0.15) is 40.5 Å². The molecule has 1 saturated carbocycles. The molecule has 1 aliphatic rings. The van der Waals surface area contributed by atoms with Crippen LogP contribution in [-0.4, -0.2) is 17.9 Å². The van der Waals surface area contributed by atoms with Gasteiger partial charge in [0.1, 0.15) is 0 Å². The van der Waals surface area contributed by atoms with Gasteiger partial charge in [-0.2, -0.15) is 0 Å². The molecule has 1 unspecified atom stereocenters. The van der Waals surface area contributed by atoms with Crippen molar-refractivity contribution in [3.05, 3.63) is 33.3 Å². The van der Waals surface area contributed by atoms with Gasteiger partial charge in [-0.1, -0.05) is 23.2 Å². The van der Waals surface area contributed by atoms with Gasteiger partial charge in [0.05, 0.1) is 16.1 Å². The van der Waals surface area contributed by atoms with E-state index in [1.807, 2.05) is 6.92 Å². The van der Waals surface area contributed by atoms with E-state index in [1.54, 1.807) is 0 Å². The maximum Gasteiger partial charge on any atom is 0.252 e. The van der Waals surface area contributed by atoms with Gasteiger partial charge in [0, 0.05) is 11.1 Å². The summed E-state index contributed by atoms with van der Waals surface area (Å²) < 4.78 is 0. The summed E-state index contributed by atoms with van der Waals surface area (Å²) in [6.07, 6.45) is 2.22. The Morgan fingerprint density at radius 2 is 2.00 bits per heavy atom. The average molecular weight is 301 g/mol. The molecule has 0 radical (unpaired) electrons. The van der Waals surface area contributed by atoms with Crippen LogP contribution in [0.4, 0.5) is 0 Å². The molecular weight excluding hydrogens is 287 g/mol. The Morgan fingerprint density at radius 3 is 2.53 bits per heavy atom. The van der Waals surface area contributed by atoms with Crippen molar-refractivity contribution in [1.29, 1.82) is 0 Å². The number of hydrogen-bond acceptors (Lipinski definition) is 2. The van der Waals surface area contributed by atoms with Crippen molar-refractivity contribution in [2.45, 2.75) is 25.8 Å². The van der Waals surface area contributed by atoms with Crippen LogP contribution in [0.15, 0.2) is 12.1 Å². The summed E-state index contributed by atoms with van der Waals surface area (Å²) in [5.74, 6) is -0.612. The molecule has 0 spiro atoms. The summed E-state index contributed by atoms with van der Waals surface area (Å²) in [5, 5.41) is 3.22. The van der Waals surface area contributed by atoms with Crippen molar-refractivity contribution >= 4 is 35.0 Å². The van der Waals surface area contributed by atoms with E-state index in [0.29, 0.717) is 10.9 Å². The minimum Gasteiger partial charge on any atom is -0.366 e. The van der Waals surface area contributed by atoms with E-state index < -0.39 is 5.91 Å². The van der Waals surface area contributed by atoms with Crippen molar-refractivity contribution in [3.63, 3.8) is 0 Å². The van der Waals surface area contributed by atoms with Crippen LogP contribution >= 0.6 is 23.2 Å². The fourth-order valence-electron chi connectivity index (χ4n) is 2.00. The second-order valence-corrected chi connectivity index (χ2v) is 5.62. The number of halogens is 2. The molecule has 2 amide bonds. The minimum absolute atomic E-state index is 0.00608. The standard InChI is InChI=1S/C13H14Cl2N2O2/c1-6(7-2-3-7)17-13(19)9-4-8(14)5-10(15)11(9)12(16)18/h4-7H,2-3H2,1H3,(H2,16,18)(H,17,19). The number of nitrogens with one attached hydrogen (secondary N) is 1. The van der Waals surface area contributed by atoms with Crippen molar-refractivity contribution in [3.8, 4) is 0 Å². The molecule has 1 aliphatic carbocycles. The van der Waals surface area contributed by atoms with Crippen LogP contribution in [0.25, 0.3) is 0 Å². The predicted octanol–water partition coefficient (Wildman–Crippen LogP) is 2.62. The first-order chi connectivity index (χ1) is 8.90. The third-order valence-corrected chi connectivity index (χ3v) is 3.75. The van der Waals surface area contributed by atoms with Crippen LogP contribution in [0.5, 0.6) is 0 Å². The molecule has 0 bridgehead atoms. The average Bonchev–Trinajstić information content (AvgIpc) is 3.10. The Morgan fingerprint density at radius 1 is 1.37 bits per heavy atom. The Kier molecular flexibility index (Phi) is 4.02. The van der Waals surface area contributed by atoms with Crippen LogP contribution in [0.2, 0.25) is 10.0 Å². The molecule has 2 rings (SSSR count). The molecule has 0 saturated heterocycles. The molecule has 6 heteroatoms. The number of rotatable bonds is 4. The topological polar surface area (TPSA) is 72.2 Å². The van der Waals surface area contributed by atoms with Crippen molar-refractivity contribution in [1.82, 2.24) is 5.32 Å². The molecule has 1 atom stereocenters. The lowest BCUT2D eigenvalue weighted by atomic mass is 10.1. The second-order valence-electron chi connectivity index (χ2n) is 4.77. The number of hydrogen-bond donors (Lipinski definition) is 2. The van der Waals surface area contributed by atoms with Gasteiger partial charge >= 0.3 is 0 Å². The van der Waals surface area contributed by atoms with Gasteiger partial charge in [0.2, 0.25) is 0 Å². The van der Waals surface area contributed by atoms with Gasteiger partial charge < -0.3 is 11.1 Å². The Hall–Kier alpha value is -1.26. The van der Waals surface area contributed by atoms with E-state index in [9.17, 15) is 9.59 Å². The molecule has 4 nitrogen and oxygen atoms in total. The molecule has 3 N–H and O–H groups in total. The van der Waals surface area contributed by atoms with E-state index in [0.717, 1.165) is 12.8 Å². The quantitative estimate of drug-likeness (QED) is 0.897. The lowest BCUT2D eigenvalue weighted by Crippen LogP contribution is -2.35. The maximum atomic E-state index is 12.2. The summed E-state index contributed by atoms with van der Waals surface area (Å²) in [7, 11) is 0. The second kappa shape index (κ2) is 5.39. The monoisotopic (exact) mass is 300 g/mol. The summed E-state index contributed by atoms with van der Waals surface area (Å²) in [4.78, 5) is 23.6. The molecule has 0 aliphatic heterocycles. The van der Waals surface area contributed by atoms with Crippen molar-refractivity contribution in [2.75, 3.05) is 0 Å². The molecule has 0 heterocycles. The highest BCUT2D eigenvalue weighted by Gasteiger charge is 2.30. The summed E-state index contributed by atoms with van der Waals surface area (Å²) >= 11 is 11.8. The highest BCUT2D eigenvalue weighted by Crippen LogP contribution is 2.32. The van der Waals surface area contributed by atoms with Gasteiger partial charge in [-0.15, -0.1) is 0 Å². The zero-order valence-corrected chi connectivity index (χ0v) is 11.9. The number of carbonyl (C=O) groups is 2. The largest absolute Gasteiger partial charge is 0.366 e. The summed E-state index contributed by atoms with van der Waals surface area (Å²) in [6, 6.07) is 2.86. The first-order valence-electron chi connectivity index (χ1n) is 6.00. The third kappa shape index (κ3) is 3.19. The van der Waals surface area contributed by atoms with Crippen LogP contribution in [0.3, 0.4) is 0 Å². The van der Waals surface area contributed by atoms with E-state index in [2.05, 4.69) is 5.32 Å². The van der Waals surface area contributed by atoms with Gasteiger partial charge in [0.25, 0.3) is 11.8 Å². The van der Waals surface area contributed by atoms with Gasteiger partial charge in [-0.05, 0) is 37.8 Å². The molecule has 0 aromatic heterocycles. The fourth-order valence-corrected chi connectivity index (χ4v) is 2.59. The van der Waals surface area contributed by atoms with Crippen molar-refractivity contribution in [2.24, 2.45) is 11.7 Å². The molecule has 1 aromatic rings. The number of carbonyl (C=O) groups excluding carboxylic acids is 2. The Bertz CT molecular complexity index is 542. The van der Waals surface area contributed by atoms with Gasteiger partial charge in [0.15, 0.2) is 0 Å². The zero-order valence-electron chi connectivity index (χ0n) is 10.4. The normalized spacial score (nSPS) is 15.9. The minimum atomic E-state index is -0.745. The maximum absolute atomic E-state index is 12.2. The lowest BCUT2D eigenvalue weighted by molar-refractivity contribution is 0.0921. The van der Waals surface area contributed by atoms with Crippen LogP contribution in [-0.2, 0) is 0 Å². The Balaban J connectivity index is 2.31. The first kappa shape index (κ1) is 14.2. The number of nitrogens with two attached hydrogens (primary N) is 1. The number of benzene rings is 1. The van der Waals surface area contributed by atoms with Crippen LogP contribution in [0, 0.1) is 5.92 Å². The lowest BCUT2D eigenvalue weighted by Gasteiger charge is -2.15. The van der Waals surface area contributed by atoms with Gasteiger partial charge in [-0.3, -0.25) is 9.59 Å². The zero-order chi connectivity index (χ0) is 14.2. The summed E-state index contributed by atoms with van der Waals surface area (Å²) in [6.45, 7) is 1.94. The molecule has 1 aromatic carbocycles. The fraction of sp³-hybridized carbons (Fsp3) is 0.385. The highest BCUT2D eigenvalue weighted by atomic mass is 35.5. The van der Waals surface area contributed by atoms with Crippen LogP contribution < -0.4 is 11.1 Å². The first-order valence-corrected chi connectivity index (χ1v) is 6.75. The molecular formula is C13H14Cl2N2O2. The number of amides is 2. The van der Waals surface area contributed by atoms with Gasteiger partial charge in [-0.25, -0.2) is 0 Å². The summed E-state index contributed by atoms with van der Waals surface area (Å²) in [5.41, 5.74) is 5.39. The number of primary amides is 1. The van der Waals surface area contributed by atoms with E-state index in [4.69, 9.17) is 28.9 Å². The molecule has 102 valence electrons. The molecule has 19 heavy (non-hydrogen) atoms. The van der Waals surface area contributed by atoms with E-state index >= 15 is 0 Å². The Labute approximate surface area is 121 Å². The highest BCUT2D eigenvalue weighted by molar-refractivity contribution is 6.37. The van der Waals surface area contributed by atoms with Crippen molar-refractivity contribution < 1.29 is 9.59 Å². The predicted molar refractivity (Wildman–Crippen MR) is 74.6 cm³/mol. The SMILES string of the molecule is CC(NC(=O)c1cc(Cl)cc(Cl)c1C(N)=O)C1CC1. The molecule has 1 fully saturated rings.